The first-order valence-electron chi connectivity index (χ1n) is 3.99. The van der Waals surface area contributed by atoms with Crippen LogP contribution in [0.4, 0.5) is 0 Å². The van der Waals surface area contributed by atoms with E-state index in [9.17, 15) is 9.59 Å². The number of thiophene rings is 1. The Morgan fingerprint density at radius 3 is 2.79 bits per heavy atom. The molecule has 0 aliphatic rings. The second kappa shape index (κ2) is 4.72. The van der Waals surface area contributed by atoms with Crippen molar-refractivity contribution < 1.29 is 14.3 Å². The highest BCUT2D eigenvalue weighted by Crippen LogP contribution is 2.18. The molecule has 1 rings (SSSR count). The maximum absolute atomic E-state index is 11.1. The summed E-state index contributed by atoms with van der Waals surface area (Å²) in [5, 5.41) is 1.81. The maximum Gasteiger partial charge on any atom is 0.330 e. The molecule has 0 saturated heterocycles. The minimum atomic E-state index is -0.423. The zero-order chi connectivity index (χ0) is 10.6. The van der Waals surface area contributed by atoms with Crippen LogP contribution in [0.1, 0.15) is 22.2 Å². The van der Waals surface area contributed by atoms with E-state index < -0.39 is 5.97 Å². The number of ketones is 1. The largest absolute Gasteiger partial charge is 0.466 e. The third-order valence-electron chi connectivity index (χ3n) is 1.65. The lowest BCUT2D eigenvalue weighted by Gasteiger charge is -1.92. The third-order valence-corrected chi connectivity index (χ3v) is 2.53. The van der Waals surface area contributed by atoms with Crippen LogP contribution in [0.2, 0.25) is 0 Å². The summed E-state index contributed by atoms with van der Waals surface area (Å²) in [7, 11) is 1.31. The molecular formula is C10H10O3S. The van der Waals surface area contributed by atoms with Gasteiger partial charge in [0.2, 0.25) is 0 Å². The van der Waals surface area contributed by atoms with Crippen molar-refractivity contribution in [3.8, 4) is 0 Å². The first-order chi connectivity index (χ1) is 6.65. The molecule has 14 heavy (non-hydrogen) atoms. The Hall–Kier alpha value is -1.42. The van der Waals surface area contributed by atoms with Crippen molar-refractivity contribution in [2.75, 3.05) is 7.11 Å². The van der Waals surface area contributed by atoms with E-state index in [2.05, 4.69) is 4.74 Å². The summed E-state index contributed by atoms with van der Waals surface area (Å²) in [5.74, 6) is -0.427. The number of carbonyl (C=O) groups is 2. The van der Waals surface area contributed by atoms with Crippen LogP contribution < -0.4 is 0 Å². The summed E-state index contributed by atoms with van der Waals surface area (Å²) >= 11 is 1.41. The van der Waals surface area contributed by atoms with Gasteiger partial charge in [-0.1, -0.05) is 0 Å². The Bertz CT molecular complexity index is 376. The molecule has 0 aliphatic heterocycles. The van der Waals surface area contributed by atoms with Crippen LogP contribution in [0.25, 0.3) is 6.08 Å². The fourth-order valence-electron chi connectivity index (χ4n) is 0.953. The highest BCUT2D eigenvalue weighted by molar-refractivity contribution is 7.11. The van der Waals surface area contributed by atoms with Gasteiger partial charge in [0.15, 0.2) is 5.78 Å². The molecule has 0 atom stereocenters. The van der Waals surface area contributed by atoms with Crippen LogP contribution in [0.3, 0.4) is 0 Å². The number of ether oxygens (including phenoxy) is 1. The van der Waals surface area contributed by atoms with E-state index in [1.165, 1.54) is 31.4 Å². The summed E-state index contributed by atoms with van der Waals surface area (Å²) in [5.41, 5.74) is 0.634. The molecule has 0 saturated carbocycles. The number of hydrogen-bond acceptors (Lipinski definition) is 4. The van der Waals surface area contributed by atoms with Gasteiger partial charge in [-0.15, -0.1) is 11.3 Å². The van der Waals surface area contributed by atoms with Gasteiger partial charge in [0.25, 0.3) is 0 Å². The van der Waals surface area contributed by atoms with Gasteiger partial charge in [0.1, 0.15) is 0 Å². The van der Waals surface area contributed by atoms with Crippen LogP contribution in [0.5, 0.6) is 0 Å². The first kappa shape index (κ1) is 10.7. The Labute approximate surface area is 86.0 Å². The van der Waals surface area contributed by atoms with E-state index in [1.54, 1.807) is 12.1 Å². The highest BCUT2D eigenvalue weighted by atomic mass is 32.1. The van der Waals surface area contributed by atoms with Gasteiger partial charge in [-0.3, -0.25) is 4.79 Å². The molecule has 0 amide bonds. The average Bonchev–Trinajstić information content (AvgIpc) is 2.62. The second-order valence-electron chi connectivity index (χ2n) is 2.61. The smallest absolute Gasteiger partial charge is 0.330 e. The SMILES string of the molecule is COC(=O)/C=C/c1sccc1C(C)=O. The Kier molecular flexibility index (Phi) is 3.59. The second-order valence-corrected chi connectivity index (χ2v) is 3.56. The van der Waals surface area contributed by atoms with Crippen LogP contribution in [-0.2, 0) is 9.53 Å². The molecule has 0 bridgehead atoms. The Morgan fingerprint density at radius 2 is 2.21 bits per heavy atom. The number of hydrogen-bond donors (Lipinski definition) is 0. The quantitative estimate of drug-likeness (QED) is 0.436. The molecule has 0 fully saturated rings. The molecule has 1 aromatic rings. The van der Waals surface area contributed by atoms with E-state index in [1.807, 2.05) is 5.38 Å². The van der Waals surface area contributed by atoms with Gasteiger partial charge >= 0.3 is 5.97 Å². The lowest BCUT2D eigenvalue weighted by atomic mass is 10.2. The molecule has 0 aliphatic carbocycles. The molecule has 0 radical (unpaired) electrons. The van der Waals surface area contributed by atoms with E-state index in [-0.39, 0.29) is 5.78 Å². The topological polar surface area (TPSA) is 43.4 Å². The monoisotopic (exact) mass is 210 g/mol. The standard InChI is InChI=1S/C10H10O3S/c1-7(11)8-5-6-14-9(8)3-4-10(12)13-2/h3-6H,1-2H3/b4-3+. The lowest BCUT2D eigenvalue weighted by molar-refractivity contribution is -0.134. The minimum absolute atomic E-state index is 0.00392. The molecule has 1 heterocycles. The molecule has 0 N–H and O–H groups in total. The fourth-order valence-corrected chi connectivity index (χ4v) is 1.79. The fraction of sp³-hybridized carbons (Fsp3) is 0.200. The zero-order valence-corrected chi connectivity index (χ0v) is 8.76. The number of Topliss-reactive ketones (excluding diaryl/α,β-unsaturated/α-hetero) is 1. The molecule has 74 valence electrons. The molecule has 4 heteroatoms. The van der Waals surface area contributed by atoms with Crippen LogP contribution in [0, 0.1) is 0 Å². The zero-order valence-electron chi connectivity index (χ0n) is 7.94. The summed E-state index contributed by atoms with van der Waals surface area (Å²) < 4.78 is 4.44. The maximum atomic E-state index is 11.1. The van der Waals surface area contributed by atoms with Crippen LogP contribution in [-0.4, -0.2) is 18.9 Å². The predicted molar refractivity (Wildman–Crippen MR) is 55.4 cm³/mol. The summed E-state index contributed by atoms with van der Waals surface area (Å²) in [4.78, 5) is 22.7. The van der Waals surface area contributed by atoms with Gasteiger partial charge in [-0.05, 0) is 24.4 Å². The molecule has 0 aromatic carbocycles. The molecule has 0 spiro atoms. The molecule has 0 unspecified atom stereocenters. The Balaban J connectivity index is 2.86. The van der Waals surface area contributed by atoms with Crippen molar-refractivity contribution in [3.63, 3.8) is 0 Å². The van der Waals surface area contributed by atoms with Crippen LogP contribution in [0.15, 0.2) is 17.5 Å². The van der Waals surface area contributed by atoms with Crippen molar-refractivity contribution >= 4 is 29.2 Å². The normalized spacial score (nSPS) is 10.4. The van der Waals surface area contributed by atoms with Crippen molar-refractivity contribution in [1.29, 1.82) is 0 Å². The predicted octanol–water partition coefficient (Wildman–Crippen LogP) is 2.14. The van der Waals surface area contributed by atoms with Gasteiger partial charge in [-0.25, -0.2) is 4.79 Å². The van der Waals surface area contributed by atoms with Gasteiger partial charge < -0.3 is 4.74 Å². The van der Waals surface area contributed by atoms with E-state index >= 15 is 0 Å². The molecule has 3 nitrogen and oxygen atoms in total. The summed E-state index contributed by atoms with van der Waals surface area (Å²) in [6.45, 7) is 1.50. The van der Waals surface area contributed by atoms with Crippen molar-refractivity contribution in [1.82, 2.24) is 0 Å². The van der Waals surface area contributed by atoms with E-state index in [4.69, 9.17) is 0 Å². The van der Waals surface area contributed by atoms with Crippen LogP contribution >= 0.6 is 11.3 Å². The Morgan fingerprint density at radius 1 is 1.50 bits per heavy atom. The number of methoxy groups -OCH3 is 1. The minimum Gasteiger partial charge on any atom is -0.466 e. The van der Waals surface area contributed by atoms with Gasteiger partial charge in [-0.2, -0.15) is 0 Å². The van der Waals surface area contributed by atoms with E-state index in [0.29, 0.717) is 5.56 Å². The number of carbonyl (C=O) groups excluding carboxylic acids is 2. The van der Waals surface area contributed by atoms with Crippen molar-refractivity contribution in [2.24, 2.45) is 0 Å². The highest BCUT2D eigenvalue weighted by Gasteiger charge is 2.05. The van der Waals surface area contributed by atoms with Crippen molar-refractivity contribution in [2.45, 2.75) is 6.92 Å². The van der Waals surface area contributed by atoms with E-state index in [0.717, 1.165) is 4.88 Å². The molecular weight excluding hydrogens is 200 g/mol. The number of esters is 1. The average molecular weight is 210 g/mol. The first-order valence-corrected chi connectivity index (χ1v) is 4.87. The van der Waals surface area contributed by atoms with Gasteiger partial charge in [0.05, 0.1) is 7.11 Å². The number of rotatable bonds is 3. The summed E-state index contributed by atoms with van der Waals surface area (Å²) in [6.07, 6.45) is 2.89. The van der Waals surface area contributed by atoms with Crippen molar-refractivity contribution in [3.05, 3.63) is 28.0 Å². The van der Waals surface area contributed by atoms with Gasteiger partial charge in [0, 0.05) is 16.5 Å². The third kappa shape index (κ3) is 2.53. The lowest BCUT2D eigenvalue weighted by Crippen LogP contribution is -1.94. The summed E-state index contributed by atoms with van der Waals surface area (Å²) in [6, 6.07) is 1.74. The molecule has 1 aromatic heterocycles.